The van der Waals surface area contributed by atoms with Crippen molar-refractivity contribution in [3.8, 4) is 0 Å². The maximum absolute atomic E-state index is 13.6. The zero-order valence-corrected chi connectivity index (χ0v) is 23.0. The van der Waals surface area contributed by atoms with E-state index in [1.54, 1.807) is 27.7 Å². The third kappa shape index (κ3) is 10.7. The van der Waals surface area contributed by atoms with Gasteiger partial charge in [0.1, 0.15) is 17.7 Å². The lowest BCUT2D eigenvalue weighted by Gasteiger charge is -2.32. The summed E-state index contributed by atoms with van der Waals surface area (Å²) < 4.78 is 10.3. The minimum atomic E-state index is -0.958. The van der Waals surface area contributed by atoms with Gasteiger partial charge in [-0.2, -0.15) is 0 Å². The van der Waals surface area contributed by atoms with E-state index >= 15 is 0 Å². The quantitative estimate of drug-likeness (QED) is 0.418. The van der Waals surface area contributed by atoms with Crippen molar-refractivity contribution in [2.75, 3.05) is 20.2 Å². The van der Waals surface area contributed by atoms with E-state index in [0.717, 1.165) is 12.0 Å². The number of carbonyl (C=O) groups excluding carboxylic acids is 4. The molecule has 0 aliphatic rings. The monoisotopic (exact) mass is 505 g/mol. The Hall–Kier alpha value is -3.10. The number of aryl methyl sites for hydroxylation is 1. The summed E-state index contributed by atoms with van der Waals surface area (Å²) in [7, 11) is 1.54. The molecule has 0 aliphatic carbocycles. The number of esters is 1. The molecule has 0 fully saturated rings. The van der Waals surface area contributed by atoms with Gasteiger partial charge in [0.25, 0.3) is 0 Å². The van der Waals surface area contributed by atoms with Gasteiger partial charge in [0.2, 0.25) is 11.8 Å². The van der Waals surface area contributed by atoms with E-state index in [9.17, 15) is 19.2 Å². The van der Waals surface area contributed by atoms with Crippen molar-refractivity contribution in [2.24, 2.45) is 5.92 Å². The van der Waals surface area contributed by atoms with Crippen LogP contribution in [0.25, 0.3) is 0 Å². The van der Waals surface area contributed by atoms with Crippen LogP contribution >= 0.6 is 0 Å². The number of hydrogen-bond donors (Lipinski definition) is 2. The van der Waals surface area contributed by atoms with Crippen LogP contribution in [0.5, 0.6) is 0 Å². The fourth-order valence-electron chi connectivity index (χ4n) is 3.62. The average molecular weight is 506 g/mol. The lowest BCUT2D eigenvalue weighted by molar-refractivity contribution is -0.143. The number of hydrogen-bond acceptors (Lipinski definition) is 6. The highest BCUT2D eigenvalue weighted by atomic mass is 16.6. The van der Waals surface area contributed by atoms with Crippen LogP contribution in [0.4, 0.5) is 4.79 Å². The average Bonchev–Trinajstić information content (AvgIpc) is 2.77. The predicted octanol–water partition coefficient (Wildman–Crippen LogP) is 3.76. The number of benzene rings is 1. The van der Waals surface area contributed by atoms with E-state index in [-0.39, 0.29) is 25.5 Å². The number of ether oxygens (including phenoxy) is 2. The zero-order valence-electron chi connectivity index (χ0n) is 23.0. The van der Waals surface area contributed by atoms with E-state index in [1.807, 2.05) is 45.0 Å². The van der Waals surface area contributed by atoms with Crippen LogP contribution in [0, 0.1) is 5.92 Å². The van der Waals surface area contributed by atoms with Crippen LogP contribution in [-0.4, -0.2) is 60.6 Å². The van der Waals surface area contributed by atoms with Crippen LogP contribution in [0.3, 0.4) is 0 Å². The van der Waals surface area contributed by atoms with Crippen LogP contribution in [0.15, 0.2) is 24.3 Å². The highest BCUT2D eigenvalue weighted by Crippen LogP contribution is 2.23. The molecular formula is C27H43N3O6. The van der Waals surface area contributed by atoms with Crippen molar-refractivity contribution in [1.29, 1.82) is 0 Å². The second kappa shape index (κ2) is 14.5. The van der Waals surface area contributed by atoms with Gasteiger partial charge in [-0.05, 0) is 57.6 Å². The van der Waals surface area contributed by atoms with Crippen LogP contribution < -0.4 is 10.6 Å². The Balaban J connectivity index is 3.19. The van der Waals surface area contributed by atoms with E-state index in [4.69, 9.17) is 9.47 Å². The molecule has 0 radical (unpaired) electrons. The first kappa shape index (κ1) is 30.9. The number of rotatable bonds is 12. The molecule has 0 saturated carbocycles. The molecule has 0 saturated heterocycles. The third-order valence-corrected chi connectivity index (χ3v) is 5.32. The van der Waals surface area contributed by atoms with Gasteiger partial charge in [0.05, 0.1) is 13.0 Å². The number of amides is 3. The van der Waals surface area contributed by atoms with Gasteiger partial charge in [-0.15, -0.1) is 0 Å². The number of nitrogens with one attached hydrogen (secondary N) is 2. The van der Waals surface area contributed by atoms with Gasteiger partial charge in [0.15, 0.2) is 0 Å². The van der Waals surface area contributed by atoms with Crippen molar-refractivity contribution >= 4 is 23.9 Å². The standard InChI is InChI=1S/C27H43N3O6/c1-9-19-11-13-20(14-12-19)23(24(32)28-16-15-22(31)35-10-2)30(8)25(33)21(17-18(3)4)29-26(34)36-27(5,6)7/h11-14,18,21,23H,9-10,15-17H2,1-8H3,(H,28,32)(H,29,34). The molecule has 0 aromatic heterocycles. The van der Waals surface area contributed by atoms with E-state index in [0.29, 0.717) is 12.0 Å². The maximum Gasteiger partial charge on any atom is 0.408 e. The second-order valence-corrected chi connectivity index (χ2v) is 10.1. The van der Waals surface area contributed by atoms with Gasteiger partial charge in [0, 0.05) is 13.6 Å². The molecule has 9 heteroatoms. The molecule has 0 bridgehead atoms. The first-order chi connectivity index (χ1) is 16.8. The molecule has 202 valence electrons. The summed E-state index contributed by atoms with van der Waals surface area (Å²) >= 11 is 0. The van der Waals surface area contributed by atoms with Crippen LogP contribution in [-0.2, 0) is 30.3 Å². The molecule has 1 aromatic carbocycles. The van der Waals surface area contributed by atoms with E-state index in [1.165, 1.54) is 11.9 Å². The molecular weight excluding hydrogens is 462 g/mol. The zero-order chi connectivity index (χ0) is 27.5. The molecule has 0 aliphatic heterocycles. The van der Waals surface area contributed by atoms with Crippen molar-refractivity contribution in [2.45, 2.75) is 85.4 Å². The molecule has 0 heterocycles. The van der Waals surface area contributed by atoms with Gasteiger partial charge >= 0.3 is 12.1 Å². The molecule has 1 rings (SSSR count). The SMILES string of the molecule is CCOC(=O)CCNC(=O)C(c1ccc(CC)cc1)N(C)C(=O)C(CC(C)C)NC(=O)OC(C)(C)C. The second-order valence-electron chi connectivity index (χ2n) is 10.1. The summed E-state index contributed by atoms with van der Waals surface area (Å²) in [6.07, 6.45) is 0.531. The van der Waals surface area contributed by atoms with Crippen molar-refractivity contribution in [1.82, 2.24) is 15.5 Å². The van der Waals surface area contributed by atoms with E-state index in [2.05, 4.69) is 10.6 Å². The van der Waals surface area contributed by atoms with Crippen molar-refractivity contribution in [3.63, 3.8) is 0 Å². The summed E-state index contributed by atoms with van der Waals surface area (Å²) in [5.41, 5.74) is 1.000. The van der Waals surface area contributed by atoms with Crippen molar-refractivity contribution in [3.05, 3.63) is 35.4 Å². The van der Waals surface area contributed by atoms with Gasteiger partial charge in [-0.3, -0.25) is 14.4 Å². The highest BCUT2D eigenvalue weighted by Gasteiger charge is 2.34. The largest absolute Gasteiger partial charge is 0.466 e. The first-order valence-electron chi connectivity index (χ1n) is 12.6. The van der Waals surface area contributed by atoms with Crippen LogP contribution in [0.1, 0.15) is 78.5 Å². The Bertz CT molecular complexity index is 876. The summed E-state index contributed by atoms with van der Waals surface area (Å²) in [6, 6.07) is 5.62. The Morgan fingerprint density at radius 1 is 1.03 bits per heavy atom. The summed E-state index contributed by atoms with van der Waals surface area (Å²) in [4.78, 5) is 52.3. The minimum absolute atomic E-state index is 0.0227. The van der Waals surface area contributed by atoms with Crippen molar-refractivity contribution < 1.29 is 28.7 Å². The number of alkyl carbamates (subject to hydrolysis) is 1. The van der Waals surface area contributed by atoms with Crippen LogP contribution in [0.2, 0.25) is 0 Å². The smallest absolute Gasteiger partial charge is 0.408 e. The summed E-state index contributed by atoms with van der Waals surface area (Å²) in [6.45, 7) is 13.2. The minimum Gasteiger partial charge on any atom is -0.466 e. The maximum atomic E-state index is 13.6. The number of likely N-dealkylation sites (N-methyl/N-ethyl adjacent to an activating group) is 1. The molecule has 2 N–H and O–H groups in total. The third-order valence-electron chi connectivity index (χ3n) is 5.32. The Labute approximate surface area is 215 Å². The Morgan fingerprint density at radius 2 is 1.64 bits per heavy atom. The topological polar surface area (TPSA) is 114 Å². The fourth-order valence-corrected chi connectivity index (χ4v) is 3.62. The summed E-state index contributed by atoms with van der Waals surface area (Å²) in [5, 5.41) is 5.42. The molecule has 0 spiro atoms. The molecule has 2 atom stereocenters. The molecule has 3 amide bonds. The summed E-state index contributed by atoms with van der Waals surface area (Å²) in [5.74, 6) is -1.16. The van der Waals surface area contributed by atoms with Gasteiger partial charge in [-0.25, -0.2) is 4.79 Å². The Kier molecular flexibility index (Phi) is 12.4. The van der Waals surface area contributed by atoms with E-state index < -0.39 is 41.6 Å². The fraction of sp³-hybridized carbons (Fsp3) is 0.630. The number of nitrogens with zero attached hydrogens (tertiary/aromatic N) is 1. The highest BCUT2D eigenvalue weighted by molar-refractivity contribution is 5.92. The first-order valence-corrected chi connectivity index (χ1v) is 12.6. The van der Waals surface area contributed by atoms with Gasteiger partial charge < -0.3 is 25.0 Å². The number of carbonyl (C=O) groups is 4. The lowest BCUT2D eigenvalue weighted by atomic mass is 9.99. The van der Waals surface area contributed by atoms with Gasteiger partial charge in [-0.1, -0.05) is 45.0 Å². The lowest BCUT2D eigenvalue weighted by Crippen LogP contribution is -2.52. The Morgan fingerprint density at radius 3 is 2.14 bits per heavy atom. The predicted molar refractivity (Wildman–Crippen MR) is 138 cm³/mol. The molecule has 2 unspecified atom stereocenters. The normalized spacial score (nSPS) is 12.9. The molecule has 9 nitrogen and oxygen atoms in total. The molecule has 1 aromatic rings. The molecule has 36 heavy (non-hydrogen) atoms.